The van der Waals surface area contributed by atoms with Gasteiger partial charge in [-0.3, -0.25) is 14.4 Å². The van der Waals surface area contributed by atoms with Gasteiger partial charge in [-0.2, -0.15) is 0 Å². The predicted octanol–water partition coefficient (Wildman–Crippen LogP) is 1.93. The first-order chi connectivity index (χ1) is 13.0. The maximum Gasteiger partial charge on any atom is 0.239 e. The molecule has 0 saturated carbocycles. The Bertz CT molecular complexity index is 770. The highest BCUT2D eigenvalue weighted by Crippen LogP contribution is 2.09. The van der Waals surface area contributed by atoms with Gasteiger partial charge in [-0.1, -0.05) is 30.3 Å². The highest BCUT2D eigenvalue weighted by Gasteiger charge is 2.08. The smallest absolute Gasteiger partial charge is 0.239 e. The monoisotopic (exact) mass is 389 g/mol. The third kappa shape index (κ3) is 8.37. The lowest BCUT2D eigenvalue weighted by Gasteiger charge is -2.07. The van der Waals surface area contributed by atoms with Crippen molar-refractivity contribution in [2.75, 3.05) is 23.4 Å². The maximum absolute atomic E-state index is 12.8. The molecule has 2 aromatic carbocycles. The first-order valence-electron chi connectivity index (χ1n) is 8.23. The van der Waals surface area contributed by atoms with E-state index in [-0.39, 0.29) is 41.6 Å². The van der Waals surface area contributed by atoms with E-state index in [9.17, 15) is 18.8 Å². The second kappa shape index (κ2) is 11.0. The summed E-state index contributed by atoms with van der Waals surface area (Å²) in [6.45, 7) is 0.280. The van der Waals surface area contributed by atoms with Crippen molar-refractivity contribution in [1.29, 1.82) is 0 Å². The van der Waals surface area contributed by atoms with Gasteiger partial charge in [0.1, 0.15) is 5.82 Å². The summed E-state index contributed by atoms with van der Waals surface area (Å²) in [6.07, 6.45) is 0. The van der Waals surface area contributed by atoms with Crippen molar-refractivity contribution in [3.8, 4) is 0 Å². The number of carbonyl (C=O) groups is 3. The Labute approximate surface area is 160 Å². The summed E-state index contributed by atoms with van der Waals surface area (Å²) in [5.74, 6) is -1.16. The molecular weight excluding hydrogens is 369 g/mol. The number of halogens is 1. The number of thioether (sulfide) groups is 1. The van der Waals surface area contributed by atoms with E-state index >= 15 is 0 Å². The van der Waals surface area contributed by atoms with Gasteiger partial charge in [-0.05, 0) is 29.8 Å². The summed E-state index contributed by atoms with van der Waals surface area (Å²) in [5, 5.41) is 7.81. The molecule has 8 heteroatoms. The van der Waals surface area contributed by atoms with Gasteiger partial charge in [0.05, 0.1) is 18.1 Å². The van der Waals surface area contributed by atoms with Gasteiger partial charge in [0.2, 0.25) is 17.7 Å². The van der Waals surface area contributed by atoms with Crippen molar-refractivity contribution in [2.45, 2.75) is 6.54 Å². The van der Waals surface area contributed by atoms with Gasteiger partial charge in [0.15, 0.2) is 0 Å². The third-order valence-electron chi connectivity index (χ3n) is 3.37. The highest BCUT2D eigenvalue weighted by atomic mass is 32.2. The molecule has 0 aliphatic rings. The van der Waals surface area contributed by atoms with Crippen LogP contribution in [0.3, 0.4) is 0 Å². The quantitative estimate of drug-likeness (QED) is 0.612. The lowest BCUT2D eigenvalue weighted by atomic mass is 10.2. The molecule has 3 N–H and O–H groups in total. The molecule has 0 aromatic heterocycles. The fraction of sp³-hybridized carbons (Fsp3) is 0.211. The average Bonchev–Trinajstić information content (AvgIpc) is 2.67. The van der Waals surface area contributed by atoms with Crippen LogP contribution in [0.15, 0.2) is 54.6 Å². The zero-order valence-corrected chi connectivity index (χ0v) is 15.4. The van der Waals surface area contributed by atoms with E-state index < -0.39 is 0 Å². The minimum Gasteiger partial charge on any atom is -0.350 e. The SMILES string of the molecule is O=C(CNC(=O)CSCC(=O)Nc1ccc(F)cc1)NCc1ccccc1. The third-order valence-corrected chi connectivity index (χ3v) is 4.31. The van der Waals surface area contributed by atoms with E-state index in [0.717, 1.165) is 17.3 Å². The molecule has 0 bridgehead atoms. The summed E-state index contributed by atoms with van der Waals surface area (Å²) in [4.78, 5) is 35.2. The molecule has 0 spiro atoms. The zero-order chi connectivity index (χ0) is 19.5. The molecule has 0 aliphatic heterocycles. The van der Waals surface area contributed by atoms with E-state index in [1.807, 2.05) is 30.3 Å². The topological polar surface area (TPSA) is 87.3 Å². The minimum absolute atomic E-state index is 0.0583. The zero-order valence-electron chi connectivity index (χ0n) is 14.5. The van der Waals surface area contributed by atoms with Crippen LogP contribution in [0.5, 0.6) is 0 Å². The van der Waals surface area contributed by atoms with Crippen LogP contribution in [0.1, 0.15) is 5.56 Å². The lowest BCUT2D eigenvalue weighted by Crippen LogP contribution is -2.37. The molecule has 0 unspecified atom stereocenters. The van der Waals surface area contributed by atoms with Crippen molar-refractivity contribution in [3.63, 3.8) is 0 Å². The molecule has 0 heterocycles. The van der Waals surface area contributed by atoms with Crippen molar-refractivity contribution >= 4 is 35.2 Å². The summed E-state index contributed by atoms with van der Waals surface area (Å²) in [6, 6.07) is 14.9. The van der Waals surface area contributed by atoms with Gasteiger partial charge in [0.25, 0.3) is 0 Å². The van der Waals surface area contributed by atoms with Crippen molar-refractivity contribution in [2.24, 2.45) is 0 Å². The van der Waals surface area contributed by atoms with Crippen molar-refractivity contribution in [1.82, 2.24) is 10.6 Å². The van der Waals surface area contributed by atoms with Gasteiger partial charge in [-0.25, -0.2) is 4.39 Å². The molecule has 3 amide bonds. The Kier molecular flexibility index (Phi) is 8.31. The Morgan fingerprint density at radius 1 is 0.815 bits per heavy atom. The number of hydrogen-bond donors (Lipinski definition) is 3. The summed E-state index contributed by atoms with van der Waals surface area (Å²) < 4.78 is 12.8. The van der Waals surface area contributed by atoms with Crippen LogP contribution in [0, 0.1) is 5.82 Å². The number of amides is 3. The summed E-state index contributed by atoms with van der Waals surface area (Å²) >= 11 is 1.12. The average molecular weight is 389 g/mol. The number of hydrogen-bond acceptors (Lipinski definition) is 4. The van der Waals surface area contributed by atoms with Gasteiger partial charge >= 0.3 is 0 Å². The highest BCUT2D eigenvalue weighted by molar-refractivity contribution is 8.00. The fourth-order valence-electron chi connectivity index (χ4n) is 2.06. The van der Waals surface area contributed by atoms with E-state index in [2.05, 4.69) is 16.0 Å². The van der Waals surface area contributed by atoms with Gasteiger partial charge in [-0.15, -0.1) is 11.8 Å². The molecule has 0 saturated heterocycles. The van der Waals surface area contributed by atoms with E-state index in [4.69, 9.17) is 0 Å². The fourth-order valence-corrected chi connectivity index (χ4v) is 2.70. The number of benzene rings is 2. The van der Waals surface area contributed by atoms with E-state index in [1.165, 1.54) is 24.3 Å². The Hall–Kier alpha value is -2.87. The maximum atomic E-state index is 12.8. The van der Waals surface area contributed by atoms with Crippen LogP contribution in [0.2, 0.25) is 0 Å². The van der Waals surface area contributed by atoms with Crippen LogP contribution in [0.25, 0.3) is 0 Å². The second-order valence-corrected chi connectivity index (χ2v) is 6.57. The first kappa shape index (κ1) is 20.4. The second-order valence-electron chi connectivity index (χ2n) is 5.59. The van der Waals surface area contributed by atoms with E-state index in [0.29, 0.717) is 12.2 Å². The predicted molar refractivity (Wildman–Crippen MR) is 104 cm³/mol. The van der Waals surface area contributed by atoms with Crippen LogP contribution in [-0.2, 0) is 20.9 Å². The normalized spacial score (nSPS) is 10.1. The Balaban J connectivity index is 1.56. The molecule has 2 rings (SSSR count). The standard InChI is InChI=1S/C19H20FN3O3S/c20-15-6-8-16(9-7-15)23-19(26)13-27-12-18(25)22-11-17(24)21-10-14-4-2-1-3-5-14/h1-9H,10-13H2,(H,21,24)(H,22,25)(H,23,26). The van der Waals surface area contributed by atoms with E-state index in [1.54, 1.807) is 0 Å². The number of carbonyl (C=O) groups excluding carboxylic acids is 3. The lowest BCUT2D eigenvalue weighted by molar-refractivity contribution is -0.124. The number of nitrogens with one attached hydrogen (secondary N) is 3. The summed E-state index contributed by atoms with van der Waals surface area (Å²) in [5.41, 5.74) is 1.46. The van der Waals surface area contributed by atoms with Crippen molar-refractivity contribution in [3.05, 3.63) is 66.0 Å². The molecule has 0 fully saturated rings. The van der Waals surface area contributed by atoms with Gasteiger partial charge in [0, 0.05) is 12.2 Å². The molecule has 142 valence electrons. The van der Waals surface area contributed by atoms with Crippen LogP contribution in [0.4, 0.5) is 10.1 Å². The van der Waals surface area contributed by atoms with Crippen LogP contribution in [-0.4, -0.2) is 35.8 Å². The molecular formula is C19H20FN3O3S. The number of anilines is 1. The summed E-state index contributed by atoms with van der Waals surface area (Å²) in [7, 11) is 0. The Morgan fingerprint density at radius 2 is 1.48 bits per heavy atom. The molecule has 0 radical (unpaired) electrons. The number of rotatable bonds is 9. The van der Waals surface area contributed by atoms with Crippen molar-refractivity contribution < 1.29 is 18.8 Å². The molecule has 2 aromatic rings. The van der Waals surface area contributed by atoms with Crippen LogP contribution >= 0.6 is 11.8 Å². The largest absolute Gasteiger partial charge is 0.350 e. The minimum atomic E-state index is -0.383. The van der Waals surface area contributed by atoms with Gasteiger partial charge < -0.3 is 16.0 Å². The molecule has 27 heavy (non-hydrogen) atoms. The van der Waals surface area contributed by atoms with Crippen LogP contribution < -0.4 is 16.0 Å². The molecule has 6 nitrogen and oxygen atoms in total. The Morgan fingerprint density at radius 3 is 2.19 bits per heavy atom. The molecule has 0 aliphatic carbocycles. The molecule has 0 atom stereocenters. The first-order valence-corrected chi connectivity index (χ1v) is 9.39.